The number of rotatable bonds is 10. The molecular formula is C27H22N2O6S. The molecule has 0 aliphatic rings. The number of anilines is 1. The van der Waals surface area contributed by atoms with Crippen LogP contribution < -0.4 is 14.8 Å². The van der Waals surface area contributed by atoms with Crippen molar-refractivity contribution in [3.05, 3.63) is 95.4 Å². The first kappa shape index (κ1) is 24.6. The van der Waals surface area contributed by atoms with Crippen LogP contribution in [0, 0.1) is 0 Å². The fourth-order valence-corrected chi connectivity index (χ4v) is 3.91. The van der Waals surface area contributed by atoms with Crippen LogP contribution in [0.1, 0.15) is 15.9 Å². The molecule has 0 bridgehead atoms. The highest BCUT2D eigenvalue weighted by molar-refractivity contribution is 7.14. The van der Waals surface area contributed by atoms with E-state index in [-0.39, 0.29) is 12.4 Å². The Hall–Kier alpha value is -4.50. The number of benzene rings is 3. The van der Waals surface area contributed by atoms with Crippen LogP contribution in [0.5, 0.6) is 11.5 Å². The van der Waals surface area contributed by atoms with E-state index in [1.165, 1.54) is 11.3 Å². The zero-order chi connectivity index (χ0) is 25.3. The molecule has 1 N–H and O–H groups in total. The molecule has 0 fully saturated rings. The largest absolute Gasteiger partial charge is 0.497 e. The van der Waals surface area contributed by atoms with Crippen molar-refractivity contribution in [2.45, 2.75) is 0 Å². The van der Waals surface area contributed by atoms with Gasteiger partial charge < -0.3 is 14.2 Å². The molecule has 0 unspecified atom stereocenters. The molecule has 4 rings (SSSR count). The number of thiazole rings is 1. The maximum Gasteiger partial charge on any atom is 0.344 e. The minimum Gasteiger partial charge on any atom is -0.497 e. The topological polar surface area (TPSA) is 104 Å². The summed E-state index contributed by atoms with van der Waals surface area (Å²) in [6.45, 7) is -0.845. The number of ketones is 1. The Kier molecular flexibility index (Phi) is 8.05. The summed E-state index contributed by atoms with van der Waals surface area (Å²) in [5.41, 5.74) is 2.68. The molecule has 0 saturated carbocycles. The number of esters is 1. The number of ether oxygens (including phenoxy) is 3. The van der Waals surface area contributed by atoms with E-state index in [0.29, 0.717) is 27.7 Å². The monoisotopic (exact) mass is 502 g/mol. The van der Waals surface area contributed by atoms with Crippen LogP contribution in [0.4, 0.5) is 5.13 Å². The van der Waals surface area contributed by atoms with E-state index in [1.807, 2.05) is 35.7 Å². The predicted octanol–water partition coefficient (Wildman–Crippen LogP) is 4.61. The number of carbonyl (C=O) groups excluding carboxylic acids is 3. The Morgan fingerprint density at radius 1 is 0.833 bits per heavy atom. The first-order valence-electron chi connectivity index (χ1n) is 10.9. The first-order chi connectivity index (χ1) is 17.5. The van der Waals surface area contributed by atoms with E-state index < -0.39 is 18.5 Å². The summed E-state index contributed by atoms with van der Waals surface area (Å²) < 4.78 is 15.5. The molecule has 36 heavy (non-hydrogen) atoms. The Labute approximate surface area is 211 Å². The fraction of sp³-hybridized carbons (Fsp3) is 0.111. The lowest BCUT2D eigenvalue weighted by Gasteiger charge is -2.08. The first-order valence-corrected chi connectivity index (χ1v) is 11.8. The van der Waals surface area contributed by atoms with Gasteiger partial charge in [0.2, 0.25) is 0 Å². The van der Waals surface area contributed by atoms with E-state index in [2.05, 4.69) is 10.3 Å². The van der Waals surface area contributed by atoms with E-state index in [4.69, 9.17) is 14.2 Å². The molecule has 0 aliphatic carbocycles. The van der Waals surface area contributed by atoms with Crippen molar-refractivity contribution in [2.24, 2.45) is 0 Å². The van der Waals surface area contributed by atoms with Gasteiger partial charge in [0.1, 0.15) is 11.5 Å². The van der Waals surface area contributed by atoms with Crippen molar-refractivity contribution >= 4 is 34.1 Å². The van der Waals surface area contributed by atoms with Gasteiger partial charge in [-0.15, -0.1) is 11.3 Å². The number of aromatic nitrogens is 1. The molecule has 0 saturated heterocycles. The van der Waals surface area contributed by atoms with Gasteiger partial charge in [-0.1, -0.05) is 30.3 Å². The number of nitrogens with one attached hydrogen (secondary N) is 1. The number of nitrogens with zero attached hydrogens (tertiary/aromatic N) is 1. The van der Waals surface area contributed by atoms with Crippen LogP contribution in [0.3, 0.4) is 0 Å². The third-order valence-corrected chi connectivity index (χ3v) is 5.77. The van der Waals surface area contributed by atoms with Gasteiger partial charge >= 0.3 is 5.97 Å². The molecule has 3 aromatic carbocycles. The van der Waals surface area contributed by atoms with Gasteiger partial charge in [-0.05, 0) is 48.5 Å². The molecule has 0 atom stereocenters. The van der Waals surface area contributed by atoms with Crippen LogP contribution in [0.2, 0.25) is 0 Å². The Morgan fingerprint density at radius 2 is 1.50 bits per heavy atom. The summed E-state index contributed by atoms with van der Waals surface area (Å²) in [4.78, 5) is 40.9. The van der Waals surface area contributed by atoms with Gasteiger partial charge in [0.25, 0.3) is 5.91 Å². The van der Waals surface area contributed by atoms with Gasteiger partial charge in [0.05, 0.1) is 12.8 Å². The van der Waals surface area contributed by atoms with E-state index in [1.54, 1.807) is 55.6 Å². The summed E-state index contributed by atoms with van der Waals surface area (Å²) in [5.74, 6) is -0.183. The molecule has 0 radical (unpaired) electrons. The van der Waals surface area contributed by atoms with Gasteiger partial charge in [0.15, 0.2) is 24.1 Å². The highest BCUT2D eigenvalue weighted by Crippen LogP contribution is 2.26. The van der Waals surface area contributed by atoms with Crippen molar-refractivity contribution in [1.82, 2.24) is 4.98 Å². The average Bonchev–Trinajstić information content (AvgIpc) is 3.39. The molecule has 8 nitrogen and oxygen atoms in total. The SMILES string of the molecule is COc1ccc(-c2csc(NC(=O)COC(=O)COc3ccc(C(=O)c4ccccc4)cc3)n2)cc1. The molecule has 9 heteroatoms. The van der Waals surface area contributed by atoms with Gasteiger partial charge in [0, 0.05) is 22.1 Å². The number of hydrogen-bond donors (Lipinski definition) is 1. The zero-order valence-corrected chi connectivity index (χ0v) is 20.1. The Morgan fingerprint density at radius 3 is 2.19 bits per heavy atom. The number of amides is 1. The number of hydrogen-bond acceptors (Lipinski definition) is 8. The lowest BCUT2D eigenvalue weighted by Crippen LogP contribution is -2.23. The maximum absolute atomic E-state index is 12.4. The molecule has 1 amide bonds. The second kappa shape index (κ2) is 11.8. The molecule has 4 aromatic rings. The minimum atomic E-state index is -0.701. The van der Waals surface area contributed by atoms with Crippen LogP contribution in [0.25, 0.3) is 11.3 Å². The summed E-state index contributed by atoms with van der Waals surface area (Å²) in [7, 11) is 1.60. The van der Waals surface area contributed by atoms with Crippen molar-refractivity contribution in [2.75, 3.05) is 25.6 Å². The van der Waals surface area contributed by atoms with Gasteiger partial charge in [-0.25, -0.2) is 9.78 Å². The summed E-state index contributed by atoms with van der Waals surface area (Å²) in [6, 6.07) is 22.8. The van der Waals surface area contributed by atoms with E-state index in [0.717, 1.165) is 11.3 Å². The van der Waals surface area contributed by atoms with Crippen molar-refractivity contribution < 1.29 is 28.6 Å². The smallest absolute Gasteiger partial charge is 0.344 e. The molecule has 0 aliphatic heterocycles. The summed E-state index contributed by atoms with van der Waals surface area (Å²) in [5, 5.41) is 4.82. The predicted molar refractivity (Wildman–Crippen MR) is 136 cm³/mol. The van der Waals surface area contributed by atoms with Crippen molar-refractivity contribution in [3.8, 4) is 22.8 Å². The second-order valence-corrected chi connectivity index (χ2v) is 8.34. The third kappa shape index (κ3) is 6.55. The lowest BCUT2D eigenvalue weighted by atomic mass is 10.0. The Balaban J connectivity index is 1.20. The van der Waals surface area contributed by atoms with E-state index >= 15 is 0 Å². The molecular weight excluding hydrogens is 480 g/mol. The summed E-state index contributed by atoms with van der Waals surface area (Å²) >= 11 is 1.26. The maximum atomic E-state index is 12.4. The fourth-order valence-electron chi connectivity index (χ4n) is 3.17. The highest BCUT2D eigenvalue weighted by atomic mass is 32.1. The van der Waals surface area contributed by atoms with E-state index in [9.17, 15) is 14.4 Å². The van der Waals surface area contributed by atoms with Crippen LogP contribution in [-0.2, 0) is 14.3 Å². The summed E-state index contributed by atoms with van der Waals surface area (Å²) in [6.07, 6.45) is 0. The lowest BCUT2D eigenvalue weighted by molar-refractivity contribution is -0.149. The van der Waals surface area contributed by atoms with Crippen LogP contribution in [0.15, 0.2) is 84.2 Å². The highest BCUT2D eigenvalue weighted by Gasteiger charge is 2.13. The average molecular weight is 503 g/mol. The number of methoxy groups -OCH3 is 1. The van der Waals surface area contributed by atoms with Gasteiger partial charge in [-0.3, -0.25) is 14.9 Å². The zero-order valence-electron chi connectivity index (χ0n) is 19.3. The van der Waals surface area contributed by atoms with Crippen molar-refractivity contribution in [3.63, 3.8) is 0 Å². The third-order valence-electron chi connectivity index (χ3n) is 5.01. The van der Waals surface area contributed by atoms with Gasteiger partial charge in [-0.2, -0.15) is 0 Å². The molecule has 182 valence electrons. The van der Waals surface area contributed by atoms with Crippen LogP contribution >= 0.6 is 11.3 Å². The number of carbonyl (C=O) groups is 3. The minimum absolute atomic E-state index is 0.107. The molecule has 1 heterocycles. The normalized spacial score (nSPS) is 10.4. The molecule has 1 aromatic heterocycles. The second-order valence-electron chi connectivity index (χ2n) is 7.48. The quantitative estimate of drug-likeness (QED) is 0.249. The molecule has 0 spiro atoms. The van der Waals surface area contributed by atoms with Crippen molar-refractivity contribution in [1.29, 1.82) is 0 Å². The standard InChI is InChI=1S/C27H22N2O6S/c1-33-21-11-7-18(8-12-21)23-17-36-27(28-23)29-24(30)15-35-25(31)16-34-22-13-9-20(10-14-22)26(32)19-5-3-2-4-6-19/h2-14,17H,15-16H2,1H3,(H,28,29,30). The van der Waals surface area contributed by atoms with Crippen LogP contribution in [-0.4, -0.2) is 43.0 Å². The Bertz CT molecular complexity index is 1330.